The van der Waals surface area contributed by atoms with E-state index in [0.717, 1.165) is 58.2 Å². The van der Waals surface area contributed by atoms with Crippen LogP contribution in [0.15, 0.2) is 0 Å². The van der Waals surface area contributed by atoms with Crippen molar-refractivity contribution in [1.29, 1.82) is 0 Å². The van der Waals surface area contributed by atoms with Crippen LogP contribution in [0.3, 0.4) is 0 Å². The lowest BCUT2D eigenvalue weighted by Gasteiger charge is -2.33. The molecule has 2 aliphatic heterocycles. The number of hydrogen-bond acceptors (Lipinski definition) is 3. The van der Waals surface area contributed by atoms with Gasteiger partial charge in [-0.2, -0.15) is 4.31 Å². The molecule has 1 atom stereocenters. The highest BCUT2D eigenvalue weighted by Gasteiger charge is 2.41. The largest absolute Gasteiger partial charge is 0.317 e. The Morgan fingerprint density at radius 1 is 1.06 bits per heavy atom. The van der Waals surface area contributed by atoms with E-state index in [-0.39, 0.29) is 0 Å². The van der Waals surface area contributed by atoms with Gasteiger partial charge in [0, 0.05) is 12.6 Å². The van der Waals surface area contributed by atoms with Crippen molar-refractivity contribution in [2.45, 2.75) is 44.6 Å². The third-order valence-electron chi connectivity index (χ3n) is 4.68. The van der Waals surface area contributed by atoms with Crippen LogP contribution in [0.25, 0.3) is 0 Å². The maximum atomic E-state index is 12.4. The minimum Gasteiger partial charge on any atom is -0.317 e. The molecule has 104 valence electrons. The molecule has 18 heavy (non-hydrogen) atoms. The summed E-state index contributed by atoms with van der Waals surface area (Å²) in [6.07, 6.45) is 6.64. The minimum absolute atomic E-state index is 0.302. The maximum absolute atomic E-state index is 12.4. The van der Waals surface area contributed by atoms with E-state index in [0.29, 0.717) is 23.6 Å². The van der Waals surface area contributed by atoms with E-state index in [2.05, 4.69) is 5.32 Å². The molecule has 0 aromatic carbocycles. The average molecular weight is 272 g/mol. The first-order chi connectivity index (χ1) is 8.67. The standard InChI is InChI=1S/C13H24N2O2S/c16-18(17,10-11-3-4-11)15-9-1-2-13(15)12-5-7-14-8-6-12/h11-14H,1-10H2. The first-order valence-corrected chi connectivity index (χ1v) is 8.98. The highest BCUT2D eigenvalue weighted by atomic mass is 32.2. The topological polar surface area (TPSA) is 49.4 Å². The van der Waals surface area contributed by atoms with Gasteiger partial charge in [-0.15, -0.1) is 0 Å². The fraction of sp³-hybridized carbons (Fsp3) is 1.00. The van der Waals surface area contributed by atoms with Crippen molar-refractivity contribution >= 4 is 10.0 Å². The molecule has 5 heteroatoms. The Balaban J connectivity index is 1.69. The summed E-state index contributed by atoms with van der Waals surface area (Å²) in [4.78, 5) is 0. The molecule has 1 aliphatic carbocycles. The van der Waals surface area contributed by atoms with Gasteiger partial charge >= 0.3 is 0 Å². The molecule has 1 unspecified atom stereocenters. The summed E-state index contributed by atoms with van der Waals surface area (Å²) in [7, 11) is -2.98. The number of hydrogen-bond donors (Lipinski definition) is 1. The number of rotatable bonds is 4. The number of nitrogens with zero attached hydrogens (tertiary/aromatic N) is 1. The molecule has 0 aromatic rings. The van der Waals surface area contributed by atoms with Gasteiger partial charge in [-0.25, -0.2) is 8.42 Å². The third kappa shape index (κ3) is 2.73. The van der Waals surface area contributed by atoms with Crippen LogP contribution in [-0.2, 0) is 10.0 Å². The lowest BCUT2D eigenvalue weighted by Crippen LogP contribution is -2.44. The number of sulfonamides is 1. The third-order valence-corrected chi connectivity index (χ3v) is 6.74. The molecule has 3 aliphatic rings. The highest BCUT2D eigenvalue weighted by Crippen LogP contribution is 2.36. The van der Waals surface area contributed by atoms with E-state index in [1.165, 1.54) is 0 Å². The quantitative estimate of drug-likeness (QED) is 0.836. The Morgan fingerprint density at radius 2 is 1.78 bits per heavy atom. The summed E-state index contributed by atoms with van der Waals surface area (Å²) >= 11 is 0. The molecule has 2 heterocycles. The van der Waals surface area contributed by atoms with Crippen molar-refractivity contribution in [3.8, 4) is 0 Å². The molecule has 0 radical (unpaired) electrons. The summed E-state index contributed by atoms with van der Waals surface area (Å²) in [6.45, 7) is 2.87. The van der Waals surface area contributed by atoms with Crippen molar-refractivity contribution in [3.05, 3.63) is 0 Å². The monoisotopic (exact) mass is 272 g/mol. The predicted octanol–water partition coefficient (Wildman–Crippen LogP) is 1.19. The zero-order chi connectivity index (χ0) is 12.6. The van der Waals surface area contributed by atoms with Crippen LogP contribution in [0.5, 0.6) is 0 Å². The van der Waals surface area contributed by atoms with Crippen LogP contribution >= 0.6 is 0 Å². The minimum atomic E-state index is -2.98. The highest BCUT2D eigenvalue weighted by molar-refractivity contribution is 7.89. The fourth-order valence-corrected chi connectivity index (χ4v) is 5.71. The van der Waals surface area contributed by atoms with E-state index in [1.54, 1.807) is 0 Å². The average Bonchev–Trinajstić information content (AvgIpc) is 3.01. The van der Waals surface area contributed by atoms with Gasteiger partial charge in [0.1, 0.15) is 0 Å². The molecule has 1 N–H and O–H groups in total. The van der Waals surface area contributed by atoms with Crippen molar-refractivity contribution < 1.29 is 8.42 Å². The zero-order valence-electron chi connectivity index (χ0n) is 11.0. The first kappa shape index (κ1) is 12.9. The van der Waals surface area contributed by atoms with Gasteiger partial charge < -0.3 is 5.32 Å². The number of nitrogens with one attached hydrogen (secondary N) is 1. The van der Waals surface area contributed by atoms with Crippen LogP contribution < -0.4 is 5.32 Å². The Hall–Kier alpha value is -0.130. The Kier molecular flexibility index (Phi) is 3.65. The Labute approximate surface area is 110 Å². The molecule has 0 aromatic heterocycles. The van der Waals surface area contributed by atoms with Crippen LogP contribution in [0.2, 0.25) is 0 Å². The molecule has 2 saturated heterocycles. The second-order valence-corrected chi connectivity index (χ2v) is 8.10. The molecule has 3 fully saturated rings. The van der Waals surface area contributed by atoms with Crippen LogP contribution in [-0.4, -0.2) is 44.2 Å². The molecule has 1 saturated carbocycles. The van der Waals surface area contributed by atoms with Crippen molar-refractivity contribution in [2.24, 2.45) is 11.8 Å². The van der Waals surface area contributed by atoms with Gasteiger partial charge in [0.2, 0.25) is 10.0 Å². The van der Waals surface area contributed by atoms with Gasteiger partial charge in [0.15, 0.2) is 0 Å². The molecule has 0 bridgehead atoms. The summed E-state index contributed by atoms with van der Waals surface area (Å²) in [6, 6.07) is 0.302. The maximum Gasteiger partial charge on any atom is 0.214 e. The lowest BCUT2D eigenvalue weighted by molar-refractivity contribution is 0.235. The molecule has 0 spiro atoms. The molecular formula is C13H24N2O2S. The Morgan fingerprint density at radius 3 is 2.44 bits per heavy atom. The summed E-state index contributed by atoms with van der Waals surface area (Å²) < 4.78 is 26.8. The van der Waals surface area contributed by atoms with Crippen molar-refractivity contribution in [2.75, 3.05) is 25.4 Å². The van der Waals surface area contributed by atoms with Gasteiger partial charge in [-0.3, -0.25) is 0 Å². The smallest absolute Gasteiger partial charge is 0.214 e. The predicted molar refractivity (Wildman–Crippen MR) is 71.8 cm³/mol. The zero-order valence-corrected chi connectivity index (χ0v) is 11.8. The second-order valence-electron chi connectivity index (χ2n) is 6.13. The van der Waals surface area contributed by atoms with E-state index < -0.39 is 10.0 Å². The van der Waals surface area contributed by atoms with Crippen molar-refractivity contribution in [1.82, 2.24) is 9.62 Å². The van der Waals surface area contributed by atoms with Crippen LogP contribution in [0.1, 0.15) is 38.5 Å². The van der Waals surface area contributed by atoms with Gasteiger partial charge in [-0.05, 0) is 63.5 Å². The van der Waals surface area contributed by atoms with E-state index in [9.17, 15) is 8.42 Å². The molecule has 0 amide bonds. The number of piperidine rings is 1. The van der Waals surface area contributed by atoms with Crippen LogP contribution in [0.4, 0.5) is 0 Å². The summed E-state index contributed by atoms with van der Waals surface area (Å²) in [5.74, 6) is 1.46. The van der Waals surface area contributed by atoms with Gasteiger partial charge in [0.25, 0.3) is 0 Å². The van der Waals surface area contributed by atoms with E-state index in [4.69, 9.17) is 0 Å². The molecule has 3 rings (SSSR count). The molecule has 4 nitrogen and oxygen atoms in total. The van der Waals surface area contributed by atoms with E-state index in [1.807, 2.05) is 4.31 Å². The molecular weight excluding hydrogens is 248 g/mol. The lowest BCUT2D eigenvalue weighted by atomic mass is 9.89. The van der Waals surface area contributed by atoms with Gasteiger partial charge in [0.05, 0.1) is 5.75 Å². The van der Waals surface area contributed by atoms with Crippen LogP contribution in [0, 0.1) is 11.8 Å². The van der Waals surface area contributed by atoms with Gasteiger partial charge in [-0.1, -0.05) is 0 Å². The summed E-state index contributed by atoms with van der Waals surface area (Å²) in [5.41, 5.74) is 0. The second kappa shape index (κ2) is 5.10. The van der Waals surface area contributed by atoms with E-state index >= 15 is 0 Å². The Bertz CT molecular complexity index is 386. The van der Waals surface area contributed by atoms with Crippen molar-refractivity contribution in [3.63, 3.8) is 0 Å². The normalized spacial score (nSPS) is 31.9. The first-order valence-electron chi connectivity index (χ1n) is 7.37. The SMILES string of the molecule is O=S(=O)(CC1CC1)N1CCCC1C1CCNCC1. The fourth-order valence-electron chi connectivity index (χ4n) is 3.49. The summed E-state index contributed by atoms with van der Waals surface area (Å²) in [5, 5.41) is 3.37.